The Balaban J connectivity index is 2.87. The summed E-state index contributed by atoms with van der Waals surface area (Å²) in [5.74, 6) is -1.48. The van der Waals surface area contributed by atoms with Crippen LogP contribution in [0.4, 0.5) is 0 Å². The maximum absolute atomic E-state index is 11.8. The van der Waals surface area contributed by atoms with Crippen LogP contribution in [0.25, 0.3) is 0 Å². The third kappa shape index (κ3) is 3.77. The minimum Gasteiger partial charge on any atom is -0.479 e. The van der Waals surface area contributed by atoms with Crippen LogP contribution in [-0.4, -0.2) is 37.2 Å². The van der Waals surface area contributed by atoms with Crippen molar-refractivity contribution in [3.8, 4) is 0 Å². The molecule has 0 aliphatic rings. The Hall–Kier alpha value is -0.960. The van der Waals surface area contributed by atoms with Crippen LogP contribution in [0.3, 0.4) is 0 Å². The Bertz CT molecular complexity index is 557. The van der Waals surface area contributed by atoms with Crippen LogP contribution in [0.1, 0.15) is 5.56 Å². The van der Waals surface area contributed by atoms with Gasteiger partial charge in [0.1, 0.15) is 0 Å². The molecule has 1 aromatic rings. The third-order valence-electron chi connectivity index (χ3n) is 2.19. The summed E-state index contributed by atoms with van der Waals surface area (Å²) in [6, 6.07) is 4.41. The number of aryl methyl sites for hydroxylation is 1. The molecule has 0 unspecified atom stereocenters. The highest BCUT2D eigenvalue weighted by Gasteiger charge is 2.19. The monoisotopic (exact) mass is 337 g/mol. The van der Waals surface area contributed by atoms with Crippen LogP contribution < -0.4 is 4.72 Å². The van der Waals surface area contributed by atoms with Gasteiger partial charge in [0.15, 0.2) is 6.10 Å². The molecule has 0 heterocycles. The van der Waals surface area contributed by atoms with Gasteiger partial charge in [-0.3, -0.25) is 0 Å². The predicted octanol–water partition coefficient (Wildman–Crippen LogP) is 0.481. The molecule has 0 radical (unpaired) electrons. The van der Waals surface area contributed by atoms with Crippen LogP contribution in [-0.2, 0) is 14.8 Å². The van der Waals surface area contributed by atoms with Crippen molar-refractivity contribution in [2.75, 3.05) is 6.54 Å². The highest BCUT2D eigenvalue weighted by Crippen LogP contribution is 2.19. The molecule has 0 aliphatic carbocycles. The number of carboxylic acids is 1. The van der Waals surface area contributed by atoms with Crippen molar-refractivity contribution >= 4 is 31.9 Å². The molecule has 0 bridgehead atoms. The number of benzene rings is 1. The number of carboxylic acid groups (broad SMARTS) is 1. The van der Waals surface area contributed by atoms with Crippen LogP contribution >= 0.6 is 15.9 Å². The fourth-order valence-electron chi connectivity index (χ4n) is 1.14. The SMILES string of the molecule is Cc1cc(S(=O)(=O)NC[C@H](O)C(=O)O)ccc1Br. The minimum atomic E-state index is -3.82. The molecule has 0 aliphatic heterocycles. The summed E-state index contributed by atoms with van der Waals surface area (Å²) in [4.78, 5) is 10.4. The fourth-order valence-corrected chi connectivity index (χ4v) is 2.51. The first kappa shape index (κ1) is 15.1. The van der Waals surface area contributed by atoms with Gasteiger partial charge in [0, 0.05) is 11.0 Å². The van der Waals surface area contributed by atoms with E-state index in [2.05, 4.69) is 15.9 Å². The van der Waals surface area contributed by atoms with Gasteiger partial charge >= 0.3 is 5.97 Å². The fraction of sp³-hybridized carbons (Fsp3) is 0.300. The summed E-state index contributed by atoms with van der Waals surface area (Å²) < 4.78 is 26.4. The number of carbonyl (C=O) groups is 1. The standard InChI is InChI=1S/C10H12BrNO5S/c1-6-4-7(2-3-8(6)11)18(16,17)12-5-9(13)10(14)15/h2-4,9,12-13H,5H2,1H3,(H,14,15)/t9-/m0/s1. The summed E-state index contributed by atoms with van der Waals surface area (Å²) in [7, 11) is -3.82. The first-order valence-electron chi connectivity index (χ1n) is 4.91. The molecule has 0 saturated heterocycles. The van der Waals surface area contributed by atoms with Gasteiger partial charge in [-0.25, -0.2) is 17.9 Å². The highest BCUT2D eigenvalue weighted by atomic mass is 79.9. The summed E-state index contributed by atoms with van der Waals surface area (Å²) in [5.41, 5.74) is 0.733. The molecule has 0 aromatic heterocycles. The normalized spacial score (nSPS) is 13.3. The smallest absolute Gasteiger partial charge is 0.333 e. The number of nitrogens with one attached hydrogen (secondary N) is 1. The second-order valence-electron chi connectivity index (χ2n) is 3.62. The maximum Gasteiger partial charge on any atom is 0.333 e. The zero-order valence-corrected chi connectivity index (χ0v) is 11.8. The number of hydrogen-bond acceptors (Lipinski definition) is 4. The average Bonchev–Trinajstić information content (AvgIpc) is 2.29. The van der Waals surface area contributed by atoms with Crippen molar-refractivity contribution in [3.63, 3.8) is 0 Å². The average molecular weight is 338 g/mol. The van der Waals surface area contributed by atoms with E-state index in [-0.39, 0.29) is 4.90 Å². The van der Waals surface area contributed by atoms with Crippen LogP contribution in [0.2, 0.25) is 0 Å². The first-order chi connectivity index (χ1) is 8.24. The van der Waals surface area contributed by atoms with Crippen molar-refractivity contribution in [1.29, 1.82) is 0 Å². The number of aliphatic carboxylic acids is 1. The van der Waals surface area contributed by atoms with Crippen LogP contribution in [0, 0.1) is 6.92 Å². The number of aliphatic hydroxyl groups is 1. The van der Waals surface area contributed by atoms with Gasteiger partial charge in [0.2, 0.25) is 10.0 Å². The molecule has 1 aromatic carbocycles. The van der Waals surface area contributed by atoms with E-state index >= 15 is 0 Å². The lowest BCUT2D eigenvalue weighted by molar-refractivity contribution is -0.146. The Morgan fingerprint density at radius 3 is 2.61 bits per heavy atom. The van der Waals surface area contributed by atoms with E-state index in [0.29, 0.717) is 0 Å². The maximum atomic E-state index is 11.8. The molecule has 0 fully saturated rings. The Morgan fingerprint density at radius 1 is 1.50 bits per heavy atom. The second kappa shape index (κ2) is 5.79. The molecule has 0 amide bonds. The van der Waals surface area contributed by atoms with Gasteiger partial charge in [0.25, 0.3) is 0 Å². The molecule has 8 heteroatoms. The van der Waals surface area contributed by atoms with Crippen molar-refractivity contribution in [2.24, 2.45) is 0 Å². The molecule has 1 rings (SSSR count). The van der Waals surface area contributed by atoms with E-state index in [9.17, 15) is 13.2 Å². The molecule has 18 heavy (non-hydrogen) atoms. The molecular formula is C10H12BrNO5S. The lowest BCUT2D eigenvalue weighted by Gasteiger charge is -2.09. The number of aliphatic hydroxyl groups excluding tert-OH is 1. The number of rotatable bonds is 5. The van der Waals surface area contributed by atoms with E-state index in [0.717, 1.165) is 10.0 Å². The number of hydrogen-bond donors (Lipinski definition) is 3. The number of sulfonamides is 1. The van der Waals surface area contributed by atoms with Crippen LogP contribution in [0.5, 0.6) is 0 Å². The molecule has 1 atom stereocenters. The van der Waals surface area contributed by atoms with Crippen molar-refractivity contribution in [1.82, 2.24) is 4.72 Å². The van der Waals surface area contributed by atoms with Gasteiger partial charge in [-0.2, -0.15) is 0 Å². The van der Waals surface area contributed by atoms with E-state index in [4.69, 9.17) is 10.2 Å². The summed E-state index contributed by atoms with van der Waals surface area (Å²) >= 11 is 3.24. The van der Waals surface area contributed by atoms with Gasteiger partial charge < -0.3 is 10.2 Å². The zero-order valence-electron chi connectivity index (χ0n) is 9.42. The quantitative estimate of drug-likeness (QED) is 0.725. The molecular weight excluding hydrogens is 326 g/mol. The number of halogens is 1. The third-order valence-corrected chi connectivity index (χ3v) is 4.50. The lowest BCUT2D eigenvalue weighted by Crippen LogP contribution is -2.36. The first-order valence-corrected chi connectivity index (χ1v) is 7.18. The van der Waals surface area contributed by atoms with E-state index in [1.54, 1.807) is 13.0 Å². The van der Waals surface area contributed by atoms with E-state index in [1.165, 1.54) is 12.1 Å². The Kier molecular flexibility index (Phi) is 4.85. The lowest BCUT2D eigenvalue weighted by atomic mass is 10.2. The van der Waals surface area contributed by atoms with Gasteiger partial charge in [-0.05, 0) is 30.7 Å². The zero-order chi connectivity index (χ0) is 13.9. The van der Waals surface area contributed by atoms with Crippen molar-refractivity contribution in [2.45, 2.75) is 17.9 Å². The Labute approximate surface area is 113 Å². The van der Waals surface area contributed by atoms with Crippen molar-refractivity contribution in [3.05, 3.63) is 28.2 Å². The largest absolute Gasteiger partial charge is 0.479 e. The second-order valence-corrected chi connectivity index (χ2v) is 6.24. The molecule has 100 valence electrons. The van der Waals surface area contributed by atoms with Crippen LogP contribution in [0.15, 0.2) is 27.6 Å². The van der Waals surface area contributed by atoms with Gasteiger partial charge in [0.05, 0.1) is 4.90 Å². The molecule has 0 spiro atoms. The van der Waals surface area contributed by atoms with Crippen molar-refractivity contribution < 1.29 is 23.4 Å². The molecule has 6 nitrogen and oxygen atoms in total. The predicted molar refractivity (Wildman–Crippen MR) is 67.7 cm³/mol. The minimum absolute atomic E-state index is 0.0146. The van der Waals surface area contributed by atoms with Gasteiger partial charge in [-0.1, -0.05) is 15.9 Å². The summed E-state index contributed by atoms with van der Waals surface area (Å²) in [6.07, 6.45) is -1.77. The molecule has 0 saturated carbocycles. The summed E-state index contributed by atoms with van der Waals surface area (Å²) in [5, 5.41) is 17.4. The molecule has 3 N–H and O–H groups in total. The topological polar surface area (TPSA) is 104 Å². The summed E-state index contributed by atoms with van der Waals surface area (Å²) in [6.45, 7) is 1.15. The van der Waals surface area contributed by atoms with E-state index < -0.39 is 28.6 Å². The van der Waals surface area contributed by atoms with E-state index in [1.807, 2.05) is 4.72 Å². The Morgan fingerprint density at radius 2 is 2.11 bits per heavy atom. The van der Waals surface area contributed by atoms with Gasteiger partial charge in [-0.15, -0.1) is 0 Å². The highest BCUT2D eigenvalue weighted by molar-refractivity contribution is 9.10.